The fraction of sp³-hybridized carbons (Fsp3) is 0.647. The highest BCUT2D eigenvalue weighted by Crippen LogP contribution is 2.30. The van der Waals surface area contributed by atoms with Crippen molar-refractivity contribution in [3.05, 3.63) is 28.2 Å². The molecule has 1 aromatic carbocycles. The molecule has 2 rings (SSSR count). The van der Waals surface area contributed by atoms with Gasteiger partial charge in [0.05, 0.1) is 0 Å². The van der Waals surface area contributed by atoms with E-state index in [1.54, 1.807) is 6.07 Å². The van der Waals surface area contributed by atoms with Crippen LogP contribution in [-0.4, -0.2) is 35.7 Å². The van der Waals surface area contributed by atoms with Crippen LogP contribution in [0.2, 0.25) is 0 Å². The van der Waals surface area contributed by atoms with Crippen LogP contribution in [0.5, 0.6) is 5.75 Å². The molecule has 0 bridgehead atoms. The van der Waals surface area contributed by atoms with E-state index in [0.717, 1.165) is 16.5 Å². The van der Waals surface area contributed by atoms with Gasteiger partial charge in [0.2, 0.25) is 0 Å². The van der Waals surface area contributed by atoms with Crippen molar-refractivity contribution in [2.45, 2.75) is 51.6 Å². The van der Waals surface area contributed by atoms with Crippen molar-refractivity contribution in [3.63, 3.8) is 0 Å². The molecular weight excluding hydrogens is 328 g/mol. The molecule has 1 atom stereocenters. The maximum Gasteiger partial charge on any atom is 0.120 e. The number of piperidine rings is 1. The summed E-state index contributed by atoms with van der Waals surface area (Å²) in [6, 6.07) is 6.47. The van der Waals surface area contributed by atoms with Crippen molar-refractivity contribution in [2.24, 2.45) is 0 Å². The predicted molar refractivity (Wildman–Crippen MR) is 91.7 cm³/mol. The third-order valence-electron chi connectivity index (χ3n) is 4.34. The van der Waals surface area contributed by atoms with Crippen LogP contribution in [0.15, 0.2) is 22.7 Å². The Kier molecular flexibility index (Phi) is 6.52. The Balaban J connectivity index is 1.95. The normalized spacial score (nSPS) is 18.8. The van der Waals surface area contributed by atoms with Gasteiger partial charge < -0.3 is 15.3 Å². The number of phenols is 1. The zero-order chi connectivity index (χ0) is 15.2. The number of benzene rings is 1. The zero-order valence-electron chi connectivity index (χ0n) is 13.1. The van der Waals surface area contributed by atoms with Crippen molar-refractivity contribution in [2.75, 3.05) is 19.6 Å². The number of nitrogens with zero attached hydrogens (tertiary/aromatic N) is 1. The minimum Gasteiger partial charge on any atom is -0.508 e. The minimum absolute atomic E-state index is 0.227. The maximum atomic E-state index is 10.1. The summed E-state index contributed by atoms with van der Waals surface area (Å²) in [4.78, 5) is 2.55. The first-order valence-electron chi connectivity index (χ1n) is 8.10. The molecule has 1 aliphatic rings. The van der Waals surface area contributed by atoms with Gasteiger partial charge in [-0.1, -0.05) is 29.8 Å². The SMILES string of the molecule is CCCN1CCC(NC(CC)c2cc(Br)ccc2O)CC1. The molecule has 1 saturated heterocycles. The molecule has 0 amide bonds. The Hall–Kier alpha value is -0.580. The molecule has 4 heteroatoms. The van der Waals surface area contributed by atoms with Gasteiger partial charge in [-0.2, -0.15) is 0 Å². The lowest BCUT2D eigenvalue weighted by Gasteiger charge is -2.34. The fourth-order valence-corrected chi connectivity index (χ4v) is 3.53. The first-order chi connectivity index (χ1) is 10.1. The summed E-state index contributed by atoms with van der Waals surface area (Å²) in [5.74, 6) is 0.390. The zero-order valence-corrected chi connectivity index (χ0v) is 14.7. The maximum absolute atomic E-state index is 10.1. The van der Waals surface area contributed by atoms with E-state index < -0.39 is 0 Å². The summed E-state index contributed by atoms with van der Waals surface area (Å²) in [7, 11) is 0. The first-order valence-corrected chi connectivity index (χ1v) is 8.90. The van der Waals surface area contributed by atoms with Gasteiger partial charge in [-0.25, -0.2) is 0 Å². The summed E-state index contributed by atoms with van der Waals surface area (Å²) >= 11 is 3.50. The molecule has 3 nitrogen and oxygen atoms in total. The van der Waals surface area contributed by atoms with Crippen LogP contribution in [0.3, 0.4) is 0 Å². The standard InChI is InChI=1S/C17H27BrN2O/c1-3-9-20-10-7-14(8-11-20)19-16(4-2)15-12-13(18)5-6-17(15)21/h5-6,12,14,16,19,21H,3-4,7-11H2,1-2H3. The fourth-order valence-electron chi connectivity index (χ4n) is 3.16. The van der Waals surface area contributed by atoms with Crippen LogP contribution >= 0.6 is 15.9 Å². The molecule has 0 saturated carbocycles. The van der Waals surface area contributed by atoms with E-state index in [1.165, 1.54) is 38.9 Å². The van der Waals surface area contributed by atoms with Crippen LogP contribution in [-0.2, 0) is 0 Å². The van der Waals surface area contributed by atoms with Crippen molar-refractivity contribution in [1.29, 1.82) is 0 Å². The minimum atomic E-state index is 0.227. The average molecular weight is 355 g/mol. The lowest BCUT2D eigenvalue weighted by Crippen LogP contribution is -2.43. The Bertz CT molecular complexity index is 444. The third kappa shape index (κ3) is 4.70. The van der Waals surface area contributed by atoms with Gasteiger partial charge in [0.15, 0.2) is 0 Å². The van der Waals surface area contributed by atoms with Crippen molar-refractivity contribution in [3.8, 4) is 5.75 Å². The monoisotopic (exact) mass is 354 g/mol. The summed E-state index contributed by atoms with van der Waals surface area (Å²) in [5, 5.41) is 13.9. The van der Waals surface area contributed by atoms with Crippen molar-refractivity contribution in [1.82, 2.24) is 10.2 Å². The topological polar surface area (TPSA) is 35.5 Å². The van der Waals surface area contributed by atoms with E-state index in [9.17, 15) is 5.11 Å². The van der Waals surface area contributed by atoms with Gasteiger partial charge in [0, 0.05) is 22.1 Å². The average Bonchev–Trinajstić information content (AvgIpc) is 2.49. The molecule has 1 aromatic rings. The van der Waals surface area contributed by atoms with Gasteiger partial charge in [0.25, 0.3) is 0 Å². The van der Waals surface area contributed by atoms with Crippen LogP contribution in [0.25, 0.3) is 0 Å². The number of likely N-dealkylation sites (tertiary alicyclic amines) is 1. The summed E-state index contributed by atoms with van der Waals surface area (Å²) in [5.41, 5.74) is 1.00. The number of hydrogen-bond acceptors (Lipinski definition) is 3. The summed E-state index contributed by atoms with van der Waals surface area (Å²) in [6.07, 6.45) is 4.62. The number of aromatic hydroxyl groups is 1. The lowest BCUT2D eigenvalue weighted by atomic mass is 9.98. The second-order valence-corrected chi connectivity index (χ2v) is 6.86. The van der Waals surface area contributed by atoms with Crippen molar-refractivity contribution >= 4 is 15.9 Å². The number of nitrogens with one attached hydrogen (secondary N) is 1. The Morgan fingerprint density at radius 1 is 1.33 bits per heavy atom. The highest BCUT2D eigenvalue weighted by Gasteiger charge is 2.22. The highest BCUT2D eigenvalue weighted by molar-refractivity contribution is 9.10. The Morgan fingerprint density at radius 2 is 2.05 bits per heavy atom. The molecule has 0 aliphatic carbocycles. The largest absolute Gasteiger partial charge is 0.508 e. The Labute approximate surface area is 136 Å². The van der Waals surface area contributed by atoms with Crippen LogP contribution in [0.4, 0.5) is 0 Å². The number of halogens is 1. The number of rotatable bonds is 6. The van der Waals surface area contributed by atoms with E-state index in [4.69, 9.17) is 0 Å². The van der Waals surface area contributed by atoms with Crippen LogP contribution in [0.1, 0.15) is 51.1 Å². The Morgan fingerprint density at radius 3 is 2.67 bits per heavy atom. The molecule has 1 unspecified atom stereocenters. The molecule has 0 aromatic heterocycles. The molecule has 0 spiro atoms. The van der Waals surface area contributed by atoms with E-state index in [2.05, 4.69) is 40.0 Å². The van der Waals surface area contributed by atoms with Gasteiger partial charge in [-0.3, -0.25) is 0 Å². The van der Waals surface area contributed by atoms with E-state index in [-0.39, 0.29) is 6.04 Å². The molecule has 1 aliphatic heterocycles. The lowest BCUT2D eigenvalue weighted by molar-refractivity contribution is 0.190. The van der Waals surface area contributed by atoms with Crippen LogP contribution < -0.4 is 5.32 Å². The number of phenolic OH excluding ortho intramolecular Hbond substituents is 1. The van der Waals surface area contributed by atoms with E-state index in [1.807, 2.05) is 12.1 Å². The predicted octanol–water partition coefficient (Wildman–Crippen LogP) is 4.07. The van der Waals surface area contributed by atoms with Crippen LogP contribution in [0, 0.1) is 0 Å². The van der Waals surface area contributed by atoms with E-state index in [0.29, 0.717) is 11.8 Å². The molecule has 21 heavy (non-hydrogen) atoms. The smallest absolute Gasteiger partial charge is 0.120 e. The molecule has 1 fully saturated rings. The van der Waals surface area contributed by atoms with Crippen molar-refractivity contribution < 1.29 is 5.11 Å². The summed E-state index contributed by atoms with van der Waals surface area (Å²) in [6.45, 7) is 8.01. The molecule has 2 N–H and O–H groups in total. The third-order valence-corrected chi connectivity index (χ3v) is 4.83. The summed E-state index contributed by atoms with van der Waals surface area (Å²) < 4.78 is 1.02. The molecule has 0 radical (unpaired) electrons. The van der Waals surface area contributed by atoms with Gasteiger partial charge >= 0.3 is 0 Å². The number of hydrogen-bond donors (Lipinski definition) is 2. The van der Waals surface area contributed by atoms with Gasteiger partial charge in [-0.05, 0) is 63.5 Å². The molecule has 1 heterocycles. The first kappa shape index (κ1) is 16.8. The molecular formula is C17H27BrN2O. The second-order valence-electron chi connectivity index (χ2n) is 5.95. The quantitative estimate of drug-likeness (QED) is 0.808. The van der Waals surface area contributed by atoms with Gasteiger partial charge in [-0.15, -0.1) is 0 Å². The second kappa shape index (κ2) is 8.16. The molecule has 118 valence electrons. The van der Waals surface area contributed by atoms with Gasteiger partial charge in [0.1, 0.15) is 5.75 Å². The van der Waals surface area contributed by atoms with E-state index >= 15 is 0 Å². The highest BCUT2D eigenvalue weighted by atomic mass is 79.9.